The molecule has 13 heteroatoms. The SMILES string of the molecule is CNS(=O)(=O)c1cc(-c2cnc(N)c(Oc3cnn(C4CCN(C)CC4)c3)n2)cc(N2CCOC[C@H]2C)c1. The van der Waals surface area contributed by atoms with Crippen molar-refractivity contribution in [3.05, 3.63) is 36.8 Å². The second-order valence-electron chi connectivity index (χ2n) is 9.78. The Morgan fingerprint density at radius 1 is 1.16 bits per heavy atom. The molecule has 0 saturated carbocycles. The second-order valence-corrected chi connectivity index (χ2v) is 11.7. The topological polar surface area (TPSA) is 141 Å². The third-order valence-electron chi connectivity index (χ3n) is 7.09. The molecule has 2 aliphatic rings. The first kappa shape index (κ1) is 26.4. The van der Waals surface area contributed by atoms with Gasteiger partial charge in [-0.25, -0.2) is 23.1 Å². The summed E-state index contributed by atoms with van der Waals surface area (Å²) in [6.07, 6.45) is 7.05. The molecule has 3 N–H and O–H groups in total. The quantitative estimate of drug-likeness (QED) is 0.456. The Bertz CT molecular complexity index is 1390. The van der Waals surface area contributed by atoms with Gasteiger partial charge < -0.3 is 25.0 Å². The third kappa shape index (κ3) is 5.60. The van der Waals surface area contributed by atoms with E-state index in [2.05, 4.69) is 36.6 Å². The van der Waals surface area contributed by atoms with Gasteiger partial charge in [-0.3, -0.25) is 4.68 Å². The summed E-state index contributed by atoms with van der Waals surface area (Å²) in [4.78, 5) is 13.5. The third-order valence-corrected chi connectivity index (χ3v) is 8.48. The number of sulfonamides is 1. The van der Waals surface area contributed by atoms with Crippen molar-refractivity contribution >= 4 is 21.5 Å². The number of likely N-dealkylation sites (tertiary alicyclic amines) is 1. The standard InChI is InChI=1S/C25H34N8O4S/c1-17-16-36-9-8-32(17)20-10-18(11-22(12-20)38(34,35)27-2)23-14-28-24(26)25(30-23)37-21-13-29-33(15-21)19-4-6-31(3)7-5-19/h10-15,17,19,27H,4-9,16H2,1-3H3,(H2,26,28)/t17-/m1/s1. The zero-order valence-electron chi connectivity index (χ0n) is 21.9. The van der Waals surface area contributed by atoms with Crippen LogP contribution in [-0.4, -0.2) is 86.1 Å². The van der Waals surface area contributed by atoms with E-state index in [9.17, 15) is 8.42 Å². The number of anilines is 2. The van der Waals surface area contributed by atoms with Crippen LogP contribution in [0.1, 0.15) is 25.8 Å². The molecule has 2 fully saturated rings. The van der Waals surface area contributed by atoms with Gasteiger partial charge in [0.1, 0.15) is 0 Å². The van der Waals surface area contributed by atoms with Crippen LogP contribution in [-0.2, 0) is 14.8 Å². The van der Waals surface area contributed by atoms with Crippen molar-refractivity contribution in [2.45, 2.75) is 36.7 Å². The van der Waals surface area contributed by atoms with Gasteiger partial charge >= 0.3 is 0 Å². The number of ether oxygens (including phenoxy) is 2. The molecule has 2 aliphatic heterocycles. The number of nitrogens with one attached hydrogen (secondary N) is 1. The fourth-order valence-corrected chi connectivity index (χ4v) is 5.61. The number of hydrogen-bond acceptors (Lipinski definition) is 10. The summed E-state index contributed by atoms with van der Waals surface area (Å²) in [5.41, 5.74) is 7.88. The molecule has 2 saturated heterocycles. The van der Waals surface area contributed by atoms with Crippen molar-refractivity contribution in [2.24, 2.45) is 0 Å². The predicted molar refractivity (Wildman–Crippen MR) is 144 cm³/mol. The van der Waals surface area contributed by atoms with Crippen molar-refractivity contribution < 1.29 is 17.9 Å². The molecule has 1 aromatic carbocycles. The minimum absolute atomic E-state index is 0.0848. The summed E-state index contributed by atoms with van der Waals surface area (Å²) in [6, 6.07) is 5.54. The molecule has 12 nitrogen and oxygen atoms in total. The second kappa shape index (κ2) is 10.8. The van der Waals surface area contributed by atoms with E-state index in [0.29, 0.717) is 42.8 Å². The van der Waals surface area contributed by atoms with Crippen LogP contribution in [0.3, 0.4) is 0 Å². The summed E-state index contributed by atoms with van der Waals surface area (Å²) in [6.45, 7) is 5.85. The Balaban J connectivity index is 1.46. The van der Waals surface area contributed by atoms with Crippen LogP contribution in [0.15, 0.2) is 41.7 Å². The monoisotopic (exact) mass is 542 g/mol. The Hall–Kier alpha value is -3.26. The highest BCUT2D eigenvalue weighted by Gasteiger charge is 2.24. The molecule has 0 spiro atoms. The molecule has 0 aliphatic carbocycles. The van der Waals surface area contributed by atoms with Gasteiger partial charge in [-0.1, -0.05) is 0 Å². The van der Waals surface area contributed by atoms with Crippen LogP contribution in [0.25, 0.3) is 11.3 Å². The molecular weight excluding hydrogens is 508 g/mol. The van der Waals surface area contributed by atoms with E-state index in [-0.39, 0.29) is 22.6 Å². The lowest BCUT2D eigenvalue weighted by Crippen LogP contribution is -2.43. The minimum atomic E-state index is -3.71. The number of rotatable bonds is 7. The first-order valence-corrected chi connectivity index (χ1v) is 14.2. The van der Waals surface area contributed by atoms with Crippen molar-refractivity contribution in [3.8, 4) is 22.9 Å². The number of nitrogens with two attached hydrogens (primary N) is 1. The Kier molecular flexibility index (Phi) is 7.52. The molecule has 0 radical (unpaired) electrons. The van der Waals surface area contributed by atoms with Crippen LogP contribution in [0.4, 0.5) is 11.5 Å². The Morgan fingerprint density at radius 3 is 2.68 bits per heavy atom. The Morgan fingerprint density at radius 2 is 1.95 bits per heavy atom. The highest BCUT2D eigenvalue weighted by atomic mass is 32.2. The largest absolute Gasteiger partial charge is 0.433 e. The fraction of sp³-hybridized carbons (Fsp3) is 0.480. The zero-order chi connectivity index (χ0) is 26.9. The number of morpholine rings is 1. The van der Waals surface area contributed by atoms with Crippen molar-refractivity contribution in [1.29, 1.82) is 0 Å². The van der Waals surface area contributed by atoms with Crippen molar-refractivity contribution in [3.63, 3.8) is 0 Å². The number of aromatic nitrogens is 4. The average Bonchev–Trinajstić information content (AvgIpc) is 3.39. The van der Waals surface area contributed by atoms with Crippen LogP contribution in [0, 0.1) is 0 Å². The lowest BCUT2D eigenvalue weighted by molar-refractivity contribution is 0.0989. The van der Waals surface area contributed by atoms with Crippen molar-refractivity contribution in [1.82, 2.24) is 29.4 Å². The summed E-state index contributed by atoms with van der Waals surface area (Å²) in [5, 5.41) is 4.48. The van der Waals surface area contributed by atoms with Gasteiger partial charge in [-0.2, -0.15) is 5.10 Å². The van der Waals surface area contributed by atoms with E-state index >= 15 is 0 Å². The van der Waals surface area contributed by atoms with Crippen molar-refractivity contribution in [2.75, 3.05) is 57.6 Å². The van der Waals surface area contributed by atoms with Gasteiger partial charge in [0, 0.05) is 23.8 Å². The van der Waals surface area contributed by atoms with E-state index in [1.165, 1.54) is 13.2 Å². The van der Waals surface area contributed by atoms with Gasteiger partial charge in [-0.05, 0) is 65.1 Å². The van der Waals surface area contributed by atoms with Gasteiger partial charge in [-0.15, -0.1) is 0 Å². The molecule has 0 amide bonds. The molecule has 5 rings (SSSR count). The van der Waals surface area contributed by atoms with E-state index in [1.54, 1.807) is 18.3 Å². The first-order valence-electron chi connectivity index (χ1n) is 12.7. The highest BCUT2D eigenvalue weighted by Crippen LogP contribution is 2.33. The highest BCUT2D eigenvalue weighted by molar-refractivity contribution is 7.89. The van der Waals surface area contributed by atoms with Crippen LogP contribution < -0.4 is 20.1 Å². The predicted octanol–water partition coefficient (Wildman–Crippen LogP) is 2.11. The number of nitrogen functional groups attached to an aromatic ring is 1. The number of piperidine rings is 1. The first-order chi connectivity index (χ1) is 18.2. The van der Waals surface area contributed by atoms with E-state index in [4.69, 9.17) is 15.2 Å². The van der Waals surface area contributed by atoms with Gasteiger partial charge in [0.25, 0.3) is 5.88 Å². The summed E-state index contributed by atoms with van der Waals surface area (Å²) < 4.78 is 41.4. The minimum Gasteiger partial charge on any atom is -0.433 e. The van der Waals surface area contributed by atoms with E-state index < -0.39 is 10.0 Å². The number of nitrogens with zero attached hydrogens (tertiary/aromatic N) is 6. The number of hydrogen-bond donors (Lipinski definition) is 2. The molecule has 1 atom stereocenters. The maximum atomic E-state index is 12.8. The molecule has 38 heavy (non-hydrogen) atoms. The number of benzene rings is 1. The molecule has 3 aromatic rings. The smallest absolute Gasteiger partial charge is 0.263 e. The molecule has 0 bridgehead atoms. The average molecular weight is 543 g/mol. The maximum Gasteiger partial charge on any atom is 0.263 e. The van der Waals surface area contributed by atoms with Gasteiger partial charge in [0.05, 0.1) is 48.4 Å². The zero-order valence-corrected chi connectivity index (χ0v) is 22.7. The molecule has 204 valence electrons. The molecule has 4 heterocycles. The summed E-state index contributed by atoms with van der Waals surface area (Å²) in [5.74, 6) is 0.770. The maximum absolute atomic E-state index is 12.8. The van der Waals surface area contributed by atoms with E-state index in [1.807, 2.05) is 23.9 Å². The Labute approximate surface area is 222 Å². The van der Waals surface area contributed by atoms with Crippen LogP contribution >= 0.6 is 0 Å². The summed E-state index contributed by atoms with van der Waals surface area (Å²) in [7, 11) is -0.201. The van der Waals surface area contributed by atoms with Gasteiger partial charge in [0.15, 0.2) is 11.6 Å². The van der Waals surface area contributed by atoms with Crippen LogP contribution in [0.5, 0.6) is 11.6 Å². The summed E-state index contributed by atoms with van der Waals surface area (Å²) >= 11 is 0. The van der Waals surface area contributed by atoms with Gasteiger partial charge in [0.2, 0.25) is 10.0 Å². The van der Waals surface area contributed by atoms with Crippen LogP contribution in [0.2, 0.25) is 0 Å². The normalized spacial score (nSPS) is 19.6. The molecule has 2 aromatic heterocycles. The fourth-order valence-electron chi connectivity index (χ4n) is 4.82. The van der Waals surface area contributed by atoms with E-state index in [0.717, 1.165) is 31.6 Å². The lowest BCUT2D eigenvalue weighted by atomic mass is 10.1. The molecule has 0 unspecified atom stereocenters. The lowest BCUT2D eigenvalue weighted by Gasteiger charge is -2.35. The molecular formula is C25H34N8O4S.